The van der Waals surface area contributed by atoms with Gasteiger partial charge in [0.2, 0.25) is 5.70 Å². The molecule has 0 amide bonds. The fourth-order valence-corrected chi connectivity index (χ4v) is 9.03. The van der Waals surface area contributed by atoms with E-state index in [9.17, 15) is 10.1 Å². The van der Waals surface area contributed by atoms with Gasteiger partial charge in [-0.3, -0.25) is 10.1 Å². The molecule has 0 N–H and O–H groups in total. The van der Waals surface area contributed by atoms with Crippen LogP contribution >= 0.6 is 0 Å². The van der Waals surface area contributed by atoms with Gasteiger partial charge < -0.3 is 0 Å². The van der Waals surface area contributed by atoms with Crippen LogP contribution in [0.4, 0.5) is 0 Å². The Kier molecular flexibility index (Phi) is 6.14. The number of fused-ring (bicyclic) bond motifs is 5. The first-order chi connectivity index (χ1) is 14.2. The normalized spacial score (nSPS) is 41.9. The maximum atomic E-state index is 12.1. The van der Waals surface area contributed by atoms with Gasteiger partial charge in [-0.2, -0.15) is 0 Å². The summed E-state index contributed by atoms with van der Waals surface area (Å²) in [6.07, 6.45) is 14.7. The Balaban J connectivity index is 1.57. The minimum Gasteiger partial charge on any atom is -0.259 e. The third-order valence-corrected chi connectivity index (χ3v) is 10.5. The van der Waals surface area contributed by atoms with Crippen molar-refractivity contribution in [3.8, 4) is 0 Å². The lowest BCUT2D eigenvalue weighted by atomic mass is 9.46. The van der Waals surface area contributed by atoms with Gasteiger partial charge in [-0.05, 0) is 91.3 Å². The zero-order valence-electron chi connectivity index (χ0n) is 20.2. The molecule has 0 aromatic carbocycles. The van der Waals surface area contributed by atoms with Crippen LogP contribution in [0.25, 0.3) is 0 Å². The Morgan fingerprint density at radius 1 is 1.03 bits per heavy atom. The van der Waals surface area contributed by atoms with E-state index in [1.54, 1.807) is 0 Å². The zero-order chi connectivity index (χ0) is 21.7. The van der Waals surface area contributed by atoms with Crippen molar-refractivity contribution in [1.29, 1.82) is 0 Å². The van der Waals surface area contributed by atoms with E-state index in [1.165, 1.54) is 63.4 Å². The van der Waals surface area contributed by atoms with Crippen LogP contribution in [0, 0.1) is 56.5 Å². The predicted molar refractivity (Wildman–Crippen MR) is 124 cm³/mol. The molecular weight excluding hydrogens is 370 g/mol. The molecule has 170 valence electrons. The quantitative estimate of drug-likeness (QED) is 0.325. The van der Waals surface area contributed by atoms with Crippen LogP contribution in [-0.2, 0) is 0 Å². The fourth-order valence-electron chi connectivity index (χ4n) is 9.03. The van der Waals surface area contributed by atoms with Gasteiger partial charge in [0.15, 0.2) is 0 Å². The molecule has 3 saturated carbocycles. The molecule has 4 aliphatic carbocycles. The lowest BCUT2D eigenvalue weighted by Crippen LogP contribution is -2.51. The number of nitro groups is 1. The molecule has 0 spiro atoms. The van der Waals surface area contributed by atoms with Gasteiger partial charge in [0.05, 0.1) is 4.92 Å². The molecule has 3 nitrogen and oxygen atoms in total. The van der Waals surface area contributed by atoms with Crippen molar-refractivity contribution < 1.29 is 4.92 Å². The average Bonchev–Trinajstić information content (AvgIpc) is 3.03. The summed E-state index contributed by atoms with van der Waals surface area (Å²) in [5.74, 6) is 4.35. The third kappa shape index (κ3) is 3.56. The zero-order valence-corrected chi connectivity index (χ0v) is 20.2. The number of nitrogens with zero attached hydrogens (tertiary/aromatic N) is 1. The van der Waals surface area contributed by atoms with Crippen molar-refractivity contribution in [2.24, 2.45) is 46.3 Å². The van der Waals surface area contributed by atoms with Gasteiger partial charge in [-0.15, -0.1) is 0 Å². The molecule has 3 fully saturated rings. The molecule has 0 saturated heterocycles. The molecule has 0 aromatic heterocycles. The minimum absolute atomic E-state index is 0.0159. The summed E-state index contributed by atoms with van der Waals surface area (Å²) in [6.45, 7) is 12.2. The minimum atomic E-state index is 0.0159. The van der Waals surface area contributed by atoms with E-state index < -0.39 is 0 Å². The summed E-state index contributed by atoms with van der Waals surface area (Å²) < 4.78 is 0. The number of rotatable bonds is 6. The van der Waals surface area contributed by atoms with Crippen LogP contribution < -0.4 is 0 Å². The highest BCUT2D eigenvalue weighted by atomic mass is 16.6. The van der Waals surface area contributed by atoms with Crippen molar-refractivity contribution in [3.63, 3.8) is 0 Å². The van der Waals surface area contributed by atoms with Gasteiger partial charge >= 0.3 is 0 Å². The molecule has 0 heterocycles. The van der Waals surface area contributed by atoms with Crippen LogP contribution in [0.5, 0.6) is 0 Å². The summed E-state index contributed by atoms with van der Waals surface area (Å²) in [6, 6.07) is 0. The van der Waals surface area contributed by atoms with E-state index >= 15 is 0 Å². The van der Waals surface area contributed by atoms with Crippen molar-refractivity contribution in [3.05, 3.63) is 21.4 Å². The van der Waals surface area contributed by atoms with Crippen LogP contribution in [-0.4, -0.2) is 4.92 Å². The molecule has 0 bridgehead atoms. The standard InChI is InChI=1S/C27H45NO2/c1-18(2)9-8-10-19(3)21-12-13-22-20-17-25(28(29)30)24-11-6-7-15-26(24,4)23(20)14-16-27(21,22)5/h18-23H,6-17H2,1-5H3. The second kappa shape index (κ2) is 8.24. The summed E-state index contributed by atoms with van der Waals surface area (Å²) >= 11 is 0. The molecule has 0 radical (unpaired) electrons. The highest BCUT2D eigenvalue weighted by Gasteiger charge is 2.61. The monoisotopic (exact) mass is 415 g/mol. The molecule has 0 aliphatic heterocycles. The molecule has 30 heavy (non-hydrogen) atoms. The first kappa shape index (κ1) is 22.3. The van der Waals surface area contributed by atoms with E-state index in [-0.39, 0.29) is 10.3 Å². The van der Waals surface area contributed by atoms with Crippen LogP contribution in [0.1, 0.15) is 112 Å². The van der Waals surface area contributed by atoms with Crippen molar-refractivity contribution in [2.75, 3.05) is 0 Å². The van der Waals surface area contributed by atoms with Gasteiger partial charge in [0.1, 0.15) is 0 Å². The lowest BCUT2D eigenvalue weighted by molar-refractivity contribution is -0.434. The van der Waals surface area contributed by atoms with Crippen molar-refractivity contribution in [2.45, 2.75) is 112 Å². The highest BCUT2D eigenvalue weighted by molar-refractivity contribution is 5.27. The van der Waals surface area contributed by atoms with Crippen LogP contribution in [0.3, 0.4) is 0 Å². The van der Waals surface area contributed by atoms with Crippen molar-refractivity contribution >= 4 is 0 Å². The van der Waals surface area contributed by atoms with E-state index in [0.29, 0.717) is 28.9 Å². The van der Waals surface area contributed by atoms with Crippen LogP contribution in [0.15, 0.2) is 11.3 Å². The number of allylic oxidation sites excluding steroid dienone is 2. The smallest absolute Gasteiger partial charge is 0.246 e. The third-order valence-electron chi connectivity index (χ3n) is 10.5. The topological polar surface area (TPSA) is 43.1 Å². The van der Waals surface area contributed by atoms with E-state index in [1.807, 2.05) is 0 Å². The molecule has 4 aliphatic rings. The number of hydrogen-bond acceptors (Lipinski definition) is 2. The van der Waals surface area contributed by atoms with Gasteiger partial charge in [0.25, 0.3) is 0 Å². The Labute approximate surface area is 184 Å². The molecule has 3 heteroatoms. The van der Waals surface area contributed by atoms with E-state index in [0.717, 1.165) is 37.0 Å². The summed E-state index contributed by atoms with van der Waals surface area (Å²) in [7, 11) is 0. The summed E-state index contributed by atoms with van der Waals surface area (Å²) in [5, 5.41) is 12.1. The maximum absolute atomic E-state index is 12.1. The largest absolute Gasteiger partial charge is 0.259 e. The summed E-state index contributed by atoms with van der Waals surface area (Å²) in [4.78, 5) is 12.1. The Hall–Kier alpha value is -0.860. The molecule has 4 rings (SSSR count). The predicted octanol–water partition coefficient (Wildman–Crippen LogP) is 8.02. The van der Waals surface area contributed by atoms with Crippen molar-refractivity contribution in [1.82, 2.24) is 0 Å². The average molecular weight is 416 g/mol. The molecule has 7 unspecified atom stereocenters. The summed E-state index contributed by atoms with van der Waals surface area (Å²) in [5.41, 5.74) is 2.39. The Bertz CT molecular complexity index is 697. The second-order valence-electron chi connectivity index (χ2n) is 12.4. The molecule has 7 atom stereocenters. The van der Waals surface area contributed by atoms with Gasteiger partial charge in [-0.1, -0.05) is 60.3 Å². The fraction of sp³-hybridized carbons (Fsp3) is 0.926. The molecular formula is C27H45NO2. The van der Waals surface area contributed by atoms with E-state index in [4.69, 9.17) is 0 Å². The first-order valence-corrected chi connectivity index (χ1v) is 13.1. The van der Waals surface area contributed by atoms with E-state index in [2.05, 4.69) is 34.6 Å². The Morgan fingerprint density at radius 3 is 2.50 bits per heavy atom. The highest BCUT2D eigenvalue weighted by Crippen LogP contribution is 2.68. The lowest BCUT2D eigenvalue weighted by Gasteiger charge is -2.57. The molecule has 0 aromatic rings. The van der Waals surface area contributed by atoms with Crippen LogP contribution in [0.2, 0.25) is 0 Å². The van der Waals surface area contributed by atoms with Gasteiger partial charge in [0, 0.05) is 12.0 Å². The Morgan fingerprint density at radius 2 is 1.80 bits per heavy atom. The van der Waals surface area contributed by atoms with Gasteiger partial charge in [-0.25, -0.2) is 0 Å². The maximum Gasteiger partial charge on any atom is 0.246 e. The second-order valence-corrected chi connectivity index (χ2v) is 12.4. The SMILES string of the molecule is CC(C)CCCC(C)C1CCC2C3CC([N+](=O)[O-])=C4CCCCC4(C)C3CCC12C. The number of hydrogen-bond donors (Lipinski definition) is 0. The first-order valence-electron chi connectivity index (χ1n) is 13.1.